The average Bonchev–Trinajstić information content (AvgIpc) is 2.07. The molecule has 0 fully saturated rings. The lowest BCUT2D eigenvalue weighted by molar-refractivity contribution is 0.0684. The predicted octanol–water partition coefficient (Wildman–Crippen LogP) is 1.53. The van der Waals surface area contributed by atoms with Gasteiger partial charge in [0.05, 0.1) is 4.47 Å². The van der Waals surface area contributed by atoms with Crippen LogP contribution in [-0.4, -0.2) is 20.9 Å². The molecule has 0 radical (unpaired) electrons. The van der Waals surface area contributed by atoms with Gasteiger partial charge in [-0.05, 0) is 15.9 Å². The Kier molecular flexibility index (Phi) is 2.20. The molecule has 60 valence electrons. The van der Waals surface area contributed by atoms with Gasteiger partial charge in [-0.3, -0.25) is 4.68 Å². The maximum atomic E-state index is 10.5. The van der Waals surface area contributed by atoms with Crippen LogP contribution in [-0.2, 0) is 7.05 Å². The lowest BCUT2D eigenvalue weighted by Crippen LogP contribution is -2.05. The molecule has 1 aromatic heterocycles. The Morgan fingerprint density at radius 1 is 1.82 bits per heavy atom. The van der Waals surface area contributed by atoms with Crippen molar-refractivity contribution in [2.24, 2.45) is 7.05 Å². The lowest BCUT2D eigenvalue weighted by Gasteiger charge is -1.92. The smallest absolute Gasteiger partial charge is 0.355 e. The summed E-state index contributed by atoms with van der Waals surface area (Å²) < 4.78 is 1.52. The Labute approximate surface area is 75.9 Å². The summed E-state index contributed by atoms with van der Waals surface area (Å²) in [5, 5.41) is 12.5. The van der Waals surface area contributed by atoms with Crippen molar-refractivity contribution in [3.8, 4) is 0 Å². The van der Waals surface area contributed by atoms with Gasteiger partial charge in [-0.25, -0.2) is 4.79 Å². The van der Waals surface area contributed by atoms with Crippen LogP contribution in [0.4, 0.5) is 0 Å². The number of carboxylic acid groups (broad SMARTS) is 1. The predicted molar refractivity (Wildman–Crippen MR) is 42.9 cm³/mol. The zero-order chi connectivity index (χ0) is 8.59. The number of rotatable bonds is 1. The highest BCUT2D eigenvalue weighted by atomic mass is 79.9. The SMILES string of the molecule is Cn1nc(Cl)c(Br)c1C(=O)O. The first-order chi connectivity index (χ1) is 5.04. The topological polar surface area (TPSA) is 55.1 Å². The minimum absolute atomic E-state index is 0.0509. The van der Waals surface area contributed by atoms with Gasteiger partial charge in [0.1, 0.15) is 0 Å². The molecular weight excluding hydrogens is 235 g/mol. The number of nitrogens with zero attached hydrogens (tertiary/aromatic N) is 2. The molecule has 0 atom stereocenters. The molecule has 11 heavy (non-hydrogen) atoms. The molecule has 4 nitrogen and oxygen atoms in total. The standard InChI is InChI=1S/C5H4BrClN2O2/c1-9-3(5(10)11)2(6)4(7)8-9/h1H3,(H,10,11). The van der Waals surface area contributed by atoms with Gasteiger partial charge in [0.2, 0.25) is 0 Å². The maximum Gasteiger partial charge on any atom is 0.355 e. The average molecular weight is 239 g/mol. The third kappa shape index (κ3) is 1.39. The van der Waals surface area contributed by atoms with E-state index in [1.165, 1.54) is 11.7 Å². The Morgan fingerprint density at radius 2 is 2.36 bits per heavy atom. The number of hydrogen-bond donors (Lipinski definition) is 1. The van der Waals surface area contributed by atoms with E-state index < -0.39 is 5.97 Å². The molecule has 0 amide bonds. The number of carbonyl (C=O) groups is 1. The van der Waals surface area contributed by atoms with Crippen molar-refractivity contribution < 1.29 is 9.90 Å². The van der Waals surface area contributed by atoms with E-state index in [1.807, 2.05) is 0 Å². The van der Waals surface area contributed by atoms with E-state index in [0.29, 0.717) is 4.47 Å². The van der Waals surface area contributed by atoms with Crippen LogP contribution in [0.25, 0.3) is 0 Å². The monoisotopic (exact) mass is 238 g/mol. The summed E-state index contributed by atoms with van der Waals surface area (Å²) in [6.45, 7) is 0. The first-order valence-electron chi connectivity index (χ1n) is 2.65. The van der Waals surface area contributed by atoms with Crippen LogP contribution in [0.5, 0.6) is 0 Å². The summed E-state index contributed by atoms with van der Waals surface area (Å²) in [5.74, 6) is -1.06. The van der Waals surface area contributed by atoms with Crippen molar-refractivity contribution in [1.29, 1.82) is 0 Å². The van der Waals surface area contributed by atoms with Gasteiger partial charge in [-0.1, -0.05) is 11.6 Å². The van der Waals surface area contributed by atoms with Crippen LogP contribution < -0.4 is 0 Å². The van der Waals surface area contributed by atoms with E-state index in [2.05, 4.69) is 21.0 Å². The molecule has 0 aliphatic heterocycles. The minimum atomic E-state index is -1.06. The van der Waals surface area contributed by atoms with E-state index in [-0.39, 0.29) is 10.8 Å². The van der Waals surface area contributed by atoms with Gasteiger partial charge >= 0.3 is 5.97 Å². The van der Waals surface area contributed by atoms with Gasteiger partial charge in [0, 0.05) is 7.05 Å². The van der Waals surface area contributed by atoms with Gasteiger partial charge < -0.3 is 5.11 Å². The number of aryl methyl sites for hydroxylation is 1. The van der Waals surface area contributed by atoms with Gasteiger partial charge in [0.25, 0.3) is 0 Å². The highest BCUT2D eigenvalue weighted by Gasteiger charge is 2.17. The molecule has 0 aromatic carbocycles. The first kappa shape index (κ1) is 8.55. The van der Waals surface area contributed by atoms with Crippen molar-refractivity contribution in [2.45, 2.75) is 0 Å². The zero-order valence-corrected chi connectivity index (χ0v) is 7.85. The summed E-state index contributed by atoms with van der Waals surface area (Å²) >= 11 is 8.54. The van der Waals surface area contributed by atoms with Crippen molar-refractivity contribution in [1.82, 2.24) is 9.78 Å². The molecule has 1 N–H and O–H groups in total. The van der Waals surface area contributed by atoms with Crippen LogP contribution in [0.15, 0.2) is 4.47 Å². The second kappa shape index (κ2) is 2.83. The molecule has 1 heterocycles. The molecule has 6 heteroatoms. The van der Waals surface area contributed by atoms with Gasteiger partial charge in [0.15, 0.2) is 10.8 Å². The number of aromatic carboxylic acids is 1. The van der Waals surface area contributed by atoms with E-state index in [4.69, 9.17) is 16.7 Å². The quantitative estimate of drug-likeness (QED) is 0.809. The Balaban J connectivity index is 3.34. The highest BCUT2D eigenvalue weighted by Crippen LogP contribution is 2.24. The van der Waals surface area contributed by atoms with Crippen LogP contribution in [0, 0.1) is 0 Å². The summed E-state index contributed by atoms with van der Waals surface area (Å²) in [4.78, 5) is 10.5. The third-order valence-corrected chi connectivity index (χ3v) is 2.40. The minimum Gasteiger partial charge on any atom is -0.476 e. The fourth-order valence-corrected chi connectivity index (χ4v) is 1.41. The largest absolute Gasteiger partial charge is 0.476 e. The van der Waals surface area contributed by atoms with Crippen LogP contribution >= 0.6 is 27.5 Å². The molecule has 0 bridgehead atoms. The third-order valence-electron chi connectivity index (χ3n) is 1.15. The van der Waals surface area contributed by atoms with Crippen LogP contribution in [0.2, 0.25) is 5.15 Å². The molecule has 0 saturated carbocycles. The number of carboxylic acids is 1. The molecule has 0 aliphatic carbocycles. The molecular formula is C5H4BrClN2O2. The van der Waals surface area contributed by atoms with E-state index in [0.717, 1.165) is 0 Å². The maximum absolute atomic E-state index is 10.5. The number of halogens is 2. The fraction of sp³-hybridized carbons (Fsp3) is 0.200. The molecule has 1 rings (SSSR count). The van der Waals surface area contributed by atoms with Crippen molar-refractivity contribution >= 4 is 33.5 Å². The molecule has 1 aromatic rings. The van der Waals surface area contributed by atoms with Crippen molar-refractivity contribution in [3.05, 3.63) is 15.3 Å². The van der Waals surface area contributed by atoms with Crippen molar-refractivity contribution in [2.75, 3.05) is 0 Å². The number of aromatic nitrogens is 2. The molecule has 0 saturated heterocycles. The van der Waals surface area contributed by atoms with E-state index >= 15 is 0 Å². The normalized spacial score (nSPS) is 10.1. The van der Waals surface area contributed by atoms with E-state index in [9.17, 15) is 4.79 Å². The lowest BCUT2D eigenvalue weighted by atomic mass is 10.4. The summed E-state index contributed by atoms with van der Waals surface area (Å²) in [6, 6.07) is 0. The fourth-order valence-electron chi connectivity index (χ4n) is 0.698. The Hall–Kier alpha value is -0.550. The summed E-state index contributed by atoms with van der Waals surface area (Å²) in [7, 11) is 1.51. The molecule has 0 spiro atoms. The van der Waals surface area contributed by atoms with Crippen molar-refractivity contribution in [3.63, 3.8) is 0 Å². The Bertz CT molecular complexity index is 310. The summed E-state index contributed by atoms with van der Waals surface area (Å²) in [6.07, 6.45) is 0. The second-order valence-electron chi connectivity index (χ2n) is 1.88. The number of hydrogen-bond acceptors (Lipinski definition) is 2. The molecule has 0 aliphatic rings. The Morgan fingerprint density at radius 3 is 2.55 bits per heavy atom. The van der Waals surface area contributed by atoms with Crippen LogP contribution in [0.3, 0.4) is 0 Å². The van der Waals surface area contributed by atoms with Gasteiger partial charge in [-0.2, -0.15) is 5.10 Å². The molecule has 0 unspecified atom stereocenters. The van der Waals surface area contributed by atoms with E-state index in [1.54, 1.807) is 0 Å². The van der Waals surface area contributed by atoms with Gasteiger partial charge in [-0.15, -0.1) is 0 Å². The first-order valence-corrected chi connectivity index (χ1v) is 3.82. The van der Waals surface area contributed by atoms with Crippen LogP contribution in [0.1, 0.15) is 10.5 Å². The summed E-state index contributed by atoms with van der Waals surface area (Å²) in [5.41, 5.74) is 0.0509. The zero-order valence-electron chi connectivity index (χ0n) is 5.51. The second-order valence-corrected chi connectivity index (χ2v) is 3.03. The highest BCUT2D eigenvalue weighted by molar-refractivity contribution is 9.10.